The first-order valence-corrected chi connectivity index (χ1v) is 7.64. The summed E-state index contributed by atoms with van der Waals surface area (Å²) in [7, 11) is 4.24. The minimum atomic E-state index is 0.294. The minimum absolute atomic E-state index is 0.294. The van der Waals surface area contributed by atoms with Crippen LogP contribution in [0.1, 0.15) is 20.8 Å². The summed E-state index contributed by atoms with van der Waals surface area (Å²) in [5.41, 5.74) is 5.88. The van der Waals surface area contributed by atoms with E-state index >= 15 is 0 Å². The second kappa shape index (κ2) is 6.43. The summed E-state index contributed by atoms with van der Waals surface area (Å²) >= 11 is 0. The third kappa shape index (κ3) is 3.34. The van der Waals surface area contributed by atoms with E-state index in [1.807, 2.05) is 0 Å². The zero-order valence-electron chi connectivity index (χ0n) is 13.7. The summed E-state index contributed by atoms with van der Waals surface area (Å²) in [6.07, 6.45) is 0. The smallest absolute Gasteiger partial charge is 0.232 e. The molecule has 2 unspecified atom stereocenters. The van der Waals surface area contributed by atoms with E-state index < -0.39 is 0 Å². The molecule has 1 fully saturated rings. The van der Waals surface area contributed by atoms with Crippen LogP contribution in [0.4, 0.5) is 17.8 Å². The molecule has 1 aromatic rings. The lowest BCUT2D eigenvalue weighted by atomic mass is 10.1. The SMILES string of the molecule is CCN(CC)c1nc(N)nc(N2CC(C)C(N(C)C)C2)n1. The van der Waals surface area contributed by atoms with Gasteiger partial charge in [0.05, 0.1) is 0 Å². The Balaban J connectivity index is 2.25. The van der Waals surface area contributed by atoms with Crippen LogP contribution in [0.2, 0.25) is 0 Å². The maximum atomic E-state index is 5.88. The zero-order chi connectivity index (χ0) is 15.6. The fraction of sp³-hybridized carbons (Fsp3) is 0.786. The van der Waals surface area contributed by atoms with Crippen molar-refractivity contribution >= 4 is 17.8 Å². The molecule has 0 radical (unpaired) electrons. The van der Waals surface area contributed by atoms with Crippen LogP contribution in [-0.2, 0) is 0 Å². The van der Waals surface area contributed by atoms with Crippen molar-refractivity contribution in [2.24, 2.45) is 5.92 Å². The molecule has 1 saturated heterocycles. The quantitative estimate of drug-likeness (QED) is 0.856. The molecule has 2 N–H and O–H groups in total. The molecule has 118 valence electrons. The molecule has 1 aliphatic heterocycles. The van der Waals surface area contributed by atoms with E-state index in [1.54, 1.807) is 0 Å². The van der Waals surface area contributed by atoms with Crippen LogP contribution >= 0.6 is 0 Å². The Hall–Kier alpha value is -1.63. The number of anilines is 3. The first-order valence-electron chi connectivity index (χ1n) is 7.64. The number of nitrogens with two attached hydrogens (primary N) is 1. The largest absolute Gasteiger partial charge is 0.368 e. The standard InChI is InChI=1S/C14H27N7/c1-6-20(7-2)13-16-12(15)17-14(18-13)21-8-10(3)11(9-21)19(4)5/h10-11H,6-9H2,1-5H3,(H2,15,16,17,18). The number of nitrogen functional groups attached to an aromatic ring is 1. The Morgan fingerprint density at radius 1 is 1.14 bits per heavy atom. The molecular formula is C14H27N7. The van der Waals surface area contributed by atoms with E-state index in [4.69, 9.17) is 5.73 Å². The van der Waals surface area contributed by atoms with Crippen molar-refractivity contribution in [3.63, 3.8) is 0 Å². The van der Waals surface area contributed by atoms with Crippen molar-refractivity contribution in [2.75, 3.05) is 55.8 Å². The van der Waals surface area contributed by atoms with Gasteiger partial charge in [-0.25, -0.2) is 0 Å². The zero-order valence-corrected chi connectivity index (χ0v) is 13.7. The molecule has 0 aliphatic carbocycles. The molecule has 0 saturated carbocycles. The van der Waals surface area contributed by atoms with E-state index in [0.29, 0.717) is 29.8 Å². The minimum Gasteiger partial charge on any atom is -0.368 e. The maximum absolute atomic E-state index is 5.88. The molecule has 0 aromatic carbocycles. The Labute approximate surface area is 127 Å². The number of aromatic nitrogens is 3. The van der Waals surface area contributed by atoms with Crippen LogP contribution < -0.4 is 15.5 Å². The van der Waals surface area contributed by atoms with Gasteiger partial charge in [-0.15, -0.1) is 0 Å². The normalized spacial score (nSPS) is 22.1. The molecular weight excluding hydrogens is 266 g/mol. The number of likely N-dealkylation sites (N-methyl/N-ethyl adjacent to an activating group) is 1. The predicted octanol–water partition coefficient (Wildman–Crippen LogP) is 0.686. The highest BCUT2D eigenvalue weighted by atomic mass is 15.4. The second-order valence-electron chi connectivity index (χ2n) is 5.88. The molecule has 0 bridgehead atoms. The third-order valence-electron chi connectivity index (χ3n) is 4.19. The number of hydrogen-bond donors (Lipinski definition) is 1. The Morgan fingerprint density at radius 2 is 1.81 bits per heavy atom. The summed E-state index contributed by atoms with van der Waals surface area (Å²) in [6, 6.07) is 0.514. The Morgan fingerprint density at radius 3 is 2.33 bits per heavy atom. The molecule has 0 amide bonds. The summed E-state index contributed by atoms with van der Waals surface area (Å²) in [5, 5.41) is 0. The van der Waals surface area contributed by atoms with Gasteiger partial charge in [0.2, 0.25) is 17.8 Å². The van der Waals surface area contributed by atoms with Crippen LogP contribution in [-0.4, -0.2) is 66.2 Å². The highest BCUT2D eigenvalue weighted by Crippen LogP contribution is 2.25. The highest BCUT2D eigenvalue weighted by Gasteiger charge is 2.32. The van der Waals surface area contributed by atoms with Gasteiger partial charge in [0.25, 0.3) is 0 Å². The molecule has 2 rings (SSSR count). The van der Waals surface area contributed by atoms with Gasteiger partial charge >= 0.3 is 0 Å². The van der Waals surface area contributed by atoms with Crippen LogP contribution in [0.5, 0.6) is 0 Å². The van der Waals surface area contributed by atoms with Crippen LogP contribution in [0.3, 0.4) is 0 Å². The molecule has 7 heteroatoms. The van der Waals surface area contributed by atoms with E-state index in [2.05, 4.69) is 64.5 Å². The number of hydrogen-bond acceptors (Lipinski definition) is 7. The molecule has 21 heavy (non-hydrogen) atoms. The summed E-state index contributed by atoms with van der Waals surface area (Å²) in [6.45, 7) is 10.0. The van der Waals surface area contributed by atoms with Gasteiger partial charge in [-0.2, -0.15) is 15.0 Å². The van der Waals surface area contributed by atoms with Crippen LogP contribution in [0.15, 0.2) is 0 Å². The Kier molecular flexibility index (Phi) is 4.82. The topological polar surface area (TPSA) is 74.4 Å². The van der Waals surface area contributed by atoms with E-state index in [1.165, 1.54) is 0 Å². The summed E-state index contributed by atoms with van der Waals surface area (Å²) in [4.78, 5) is 19.8. The van der Waals surface area contributed by atoms with Crippen molar-refractivity contribution in [1.29, 1.82) is 0 Å². The second-order valence-corrected chi connectivity index (χ2v) is 5.88. The number of nitrogens with zero attached hydrogens (tertiary/aromatic N) is 6. The Bertz CT molecular complexity index is 472. The van der Waals surface area contributed by atoms with Crippen molar-refractivity contribution in [1.82, 2.24) is 19.9 Å². The monoisotopic (exact) mass is 293 g/mol. The average Bonchev–Trinajstić information content (AvgIpc) is 2.82. The lowest BCUT2D eigenvalue weighted by Gasteiger charge is -2.23. The van der Waals surface area contributed by atoms with Gasteiger partial charge in [0.15, 0.2) is 0 Å². The first kappa shape index (κ1) is 15.8. The van der Waals surface area contributed by atoms with Gasteiger partial charge < -0.3 is 20.4 Å². The van der Waals surface area contributed by atoms with Gasteiger partial charge in [0.1, 0.15) is 0 Å². The first-order chi connectivity index (χ1) is 9.96. The van der Waals surface area contributed by atoms with Crippen LogP contribution in [0.25, 0.3) is 0 Å². The number of rotatable bonds is 5. The van der Waals surface area contributed by atoms with Crippen molar-refractivity contribution in [3.8, 4) is 0 Å². The third-order valence-corrected chi connectivity index (χ3v) is 4.19. The molecule has 2 heterocycles. The summed E-state index contributed by atoms with van der Waals surface area (Å²) < 4.78 is 0. The maximum Gasteiger partial charge on any atom is 0.232 e. The predicted molar refractivity (Wildman–Crippen MR) is 86.7 cm³/mol. The summed E-state index contributed by atoms with van der Waals surface area (Å²) in [5.74, 6) is 2.24. The molecule has 1 aliphatic rings. The van der Waals surface area contributed by atoms with Gasteiger partial charge in [-0.1, -0.05) is 6.92 Å². The van der Waals surface area contributed by atoms with E-state index in [-0.39, 0.29) is 0 Å². The average molecular weight is 293 g/mol. The fourth-order valence-corrected chi connectivity index (χ4v) is 2.94. The molecule has 2 atom stereocenters. The fourth-order valence-electron chi connectivity index (χ4n) is 2.94. The van der Waals surface area contributed by atoms with E-state index in [0.717, 1.165) is 26.2 Å². The molecule has 0 spiro atoms. The van der Waals surface area contributed by atoms with Gasteiger partial charge in [0, 0.05) is 32.2 Å². The lowest BCUT2D eigenvalue weighted by molar-refractivity contribution is 0.266. The van der Waals surface area contributed by atoms with E-state index in [9.17, 15) is 0 Å². The molecule has 1 aromatic heterocycles. The van der Waals surface area contributed by atoms with Crippen molar-refractivity contribution < 1.29 is 0 Å². The van der Waals surface area contributed by atoms with Crippen LogP contribution in [0, 0.1) is 5.92 Å². The van der Waals surface area contributed by atoms with Crippen molar-refractivity contribution in [3.05, 3.63) is 0 Å². The van der Waals surface area contributed by atoms with Crippen molar-refractivity contribution in [2.45, 2.75) is 26.8 Å². The highest BCUT2D eigenvalue weighted by molar-refractivity contribution is 5.44. The molecule has 7 nitrogen and oxygen atoms in total. The lowest BCUT2D eigenvalue weighted by Crippen LogP contribution is -2.34. The van der Waals surface area contributed by atoms with Gasteiger partial charge in [-0.3, -0.25) is 0 Å². The van der Waals surface area contributed by atoms with Gasteiger partial charge in [-0.05, 0) is 33.9 Å².